The number of hydrogen-bond donors (Lipinski definition) is 2. The fourth-order valence-corrected chi connectivity index (χ4v) is 3.17. The van der Waals surface area contributed by atoms with Crippen molar-refractivity contribution < 1.29 is 9.90 Å². The lowest BCUT2D eigenvalue weighted by atomic mass is 10.1. The molecular formula is C12H14BrN3O2S. The molecular weight excluding hydrogens is 330 g/mol. The molecule has 2 heterocycles. The standard InChI is InChI=1S/C12H14BrN3O2S/c1-16-7-8(5-15-16)4-10(12(17)18)14-6-11-9(13)2-3-19-11/h2-3,5,7,10,14H,4,6H2,1H3,(H,17,18). The minimum atomic E-state index is -0.850. The van der Waals surface area contributed by atoms with Crippen LogP contribution in [0.15, 0.2) is 28.3 Å². The Morgan fingerprint density at radius 3 is 3.00 bits per heavy atom. The SMILES string of the molecule is Cn1cc(CC(NCc2sccc2Br)C(=O)O)cn1. The molecule has 2 aromatic rings. The van der Waals surface area contributed by atoms with Gasteiger partial charge in [-0.15, -0.1) is 11.3 Å². The van der Waals surface area contributed by atoms with Crippen molar-refractivity contribution in [2.45, 2.75) is 19.0 Å². The number of nitrogens with zero attached hydrogens (tertiary/aromatic N) is 2. The van der Waals surface area contributed by atoms with E-state index in [9.17, 15) is 9.90 Å². The lowest BCUT2D eigenvalue weighted by Gasteiger charge is -2.13. The van der Waals surface area contributed by atoms with Crippen LogP contribution in [0.4, 0.5) is 0 Å². The summed E-state index contributed by atoms with van der Waals surface area (Å²) < 4.78 is 2.68. The van der Waals surface area contributed by atoms with Crippen molar-refractivity contribution in [2.24, 2.45) is 7.05 Å². The van der Waals surface area contributed by atoms with Gasteiger partial charge in [-0.25, -0.2) is 0 Å². The fraction of sp³-hybridized carbons (Fsp3) is 0.333. The Hall–Kier alpha value is -1.18. The topological polar surface area (TPSA) is 67.2 Å². The van der Waals surface area contributed by atoms with Gasteiger partial charge >= 0.3 is 5.97 Å². The van der Waals surface area contributed by atoms with Crippen LogP contribution in [0.3, 0.4) is 0 Å². The number of hydrogen-bond acceptors (Lipinski definition) is 4. The predicted molar refractivity (Wildman–Crippen MR) is 77.2 cm³/mol. The Balaban J connectivity index is 1.97. The minimum Gasteiger partial charge on any atom is -0.480 e. The average molecular weight is 344 g/mol. The van der Waals surface area contributed by atoms with Gasteiger partial charge in [0.2, 0.25) is 0 Å². The van der Waals surface area contributed by atoms with Gasteiger partial charge in [-0.2, -0.15) is 5.10 Å². The van der Waals surface area contributed by atoms with Crippen molar-refractivity contribution in [1.29, 1.82) is 0 Å². The van der Waals surface area contributed by atoms with E-state index >= 15 is 0 Å². The highest BCUT2D eigenvalue weighted by Gasteiger charge is 2.18. The quantitative estimate of drug-likeness (QED) is 0.842. The van der Waals surface area contributed by atoms with Crippen molar-refractivity contribution in [3.05, 3.63) is 38.8 Å². The number of carboxylic acid groups (broad SMARTS) is 1. The maximum atomic E-state index is 11.3. The van der Waals surface area contributed by atoms with Gasteiger partial charge in [-0.3, -0.25) is 14.8 Å². The van der Waals surface area contributed by atoms with Crippen molar-refractivity contribution >= 4 is 33.2 Å². The van der Waals surface area contributed by atoms with Crippen LogP contribution >= 0.6 is 27.3 Å². The first-order valence-electron chi connectivity index (χ1n) is 5.72. The molecule has 0 saturated heterocycles. The molecule has 2 N–H and O–H groups in total. The van der Waals surface area contributed by atoms with Crippen molar-refractivity contribution in [1.82, 2.24) is 15.1 Å². The van der Waals surface area contributed by atoms with E-state index in [0.29, 0.717) is 13.0 Å². The van der Waals surface area contributed by atoms with Crippen molar-refractivity contribution in [3.8, 4) is 0 Å². The lowest BCUT2D eigenvalue weighted by Crippen LogP contribution is -2.37. The number of aryl methyl sites for hydroxylation is 1. The number of carboxylic acids is 1. The van der Waals surface area contributed by atoms with Gasteiger partial charge in [0.15, 0.2) is 0 Å². The number of aliphatic carboxylic acids is 1. The third-order valence-electron chi connectivity index (χ3n) is 2.70. The second-order valence-corrected chi connectivity index (χ2v) is 6.04. The summed E-state index contributed by atoms with van der Waals surface area (Å²) in [6, 6.07) is 1.34. The molecule has 7 heteroatoms. The molecule has 1 unspecified atom stereocenters. The molecule has 19 heavy (non-hydrogen) atoms. The average Bonchev–Trinajstić information content (AvgIpc) is 2.93. The first-order chi connectivity index (χ1) is 9.06. The summed E-state index contributed by atoms with van der Waals surface area (Å²) in [5.74, 6) is -0.850. The van der Waals surface area contributed by atoms with Gasteiger partial charge in [0.1, 0.15) is 6.04 Å². The van der Waals surface area contributed by atoms with Gasteiger partial charge in [0.25, 0.3) is 0 Å². The summed E-state index contributed by atoms with van der Waals surface area (Å²) in [5, 5.41) is 18.3. The molecule has 0 aromatic carbocycles. The van der Waals surface area contributed by atoms with Crippen LogP contribution in [0.5, 0.6) is 0 Å². The highest BCUT2D eigenvalue weighted by Crippen LogP contribution is 2.22. The van der Waals surface area contributed by atoms with E-state index in [1.807, 2.05) is 24.7 Å². The maximum Gasteiger partial charge on any atom is 0.321 e. The van der Waals surface area contributed by atoms with Gasteiger partial charge < -0.3 is 5.11 Å². The fourth-order valence-electron chi connectivity index (χ4n) is 1.73. The number of halogens is 1. The van der Waals surface area contributed by atoms with Gasteiger partial charge in [0.05, 0.1) is 6.20 Å². The van der Waals surface area contributed by atoms with Crippen LogP contribution in [-0.2, 0) is 24.8 Å². The number of thiophene rings is 1. The Labute approximate surface area is 123 Å². The molecule has 0 fully saturated rings. The van der Waals surface area contributed by atoms with E-state index in [4.69, 9.17) is 0 Å². The second kappa shape index (κ2) is 6.31. The van der Waals surface area contributed by atoms with E-state index in [2.05, 4.69) is 26.3 Å². The maximum absolute atomic E-state index is 11.3. The first kappa shape index (κ1) is 14.2. The van der Waals surface area contributed by atoms with E-state index in [1.54, 1.807) is 22.2 Å². The summed E-state index contributed by atoms with van der Waals surface area (Å²) >= 11 is 5.03. The van der Waals surface area contributed by atoms with Crippen molar-refractivity contribution in [2.75, 3.05) is 0 Å². The molecule has 2 aromatic heterocycles. The lowest BCUT2D eigenvalue weighted by molar-refractivity contribution is -0.139. The Morgan fingerprint density at radius 2 is 2.47 bits per heavy atom. The predicted octanol–water partition coefficient (Wildman–Crippen LogP) is 2.03. The van der Waals surface area contributed by atoms with Crippen LogP contribution in [-0.4, -0.2) is 26.9 Å². The Bertz CT molecular complexity index is 567. The van der Waals surface area contributed by atoms with E-state index in [0.717, 1.165) is 14.9 Å². The molecule has 0 aliphatic carbocycles. The zero-order chi connectivity index (χ0) is 13.8. The van der Waals surface area contributed by atoms with Crippen LogP contribution < -0.4 is 5.32 Å². The Kier molecular flexibility index (Phi) is 4.73. The van der Waals surface area contributed by atoms with Crippen molar-refractivity contribution in [3.63, 3.8) is 0 Å². The molecule has 0 saturated carbocycles. The molecule has 0 spiro atoms. The molecule has 0 amide bonds. The van der Waals surface area contributed by atoms with Gasteiger partial charge in [-0.05, 0) is 32.9 Å². The van der Waals surface area contributed by atoms with Crippen LogP contribution in [0.25, 0.3) is 0 Å². The van der Waals surface area contributed by atoms with E-state index in [1.165, 1.54) is 0 Å². The molecule has 0 aliphatic rings. The molecule has 0 bridgehead atoms. The highest BCUT2D eigenvalue weighted by atomic mass is 79.9. The summed E-state index contributed by atoms with van der Waals surface area (Å²) in [6.45, 7) is 0.537. The normalized spacial score (nSPS) is 12.5. The summed E-state index contributed by atoms with van der Waals surface area (Å²) in [7, 11) is 1.81. The Morgan fingerprint density at radius 1 is 1.68 bits per heavy atom. The largest absolute Gasteiger partial charge is 0.480 e. The van der Waals surface area contributed by atoms with E-state index < -0.39 is 12.0 Å². The van der Waals surface area contributed by atoms with Crippen LogP contribution in [0, 0.1) is 0 Å². The number of carbonyl (C=O) groups is 1. The molecule has 1 atom stereocenters. The molecule has 2 rings (SSSR count). The molecule has 0 radical (unpaired) electrons. The minimum absolute atomic E-state index is 0.423. The number of nitrogens with one attached hydrogen (secondary N) is 1. The van der Waals surface area contributed by atoms with E-state index in [-0.39, 0.29) is 0 Å². The zero-order valence-corrected chi connectivity index (χ0v) is 12.7. The second-order valence-electron chi connectivity index (χ2n) is 4.19. The summed E-state index contributed by atoms with van der Waals surface area (Å²) in [5.41, 5.74) is 0.910. The summed E-state index contributed by atoms with van der Waals surface area (Å²) in [4.78, 5) is 12.4. The number of rotatable bonds is 6. The molecule has 5 nitrogen and oxygen atoms in total. The third-order valence-corrected chi connectivity index (χ3v) is 4.62. The van der Waals surface area contributed by atoms with Gasteiger partial charge in [0, 0.05) is 35.6 Å². The highest BCUT2D eigenvalue weighted by molar-refractivity contribution is 9.10. The third kappa shape index (κ3) is 3.89. The van der Waals surface area contributed by atoms with Crippen LogP contribution in [0.1, 0.15) is 10.4 Å². The smallest absolute Gasteiger partial charge is 0.321 e. The molecule has 102 valence electrons. The zero-order valence-electron chi connectivity index (χ0n) is 10.3. The monoisotopic (exact) mass is 343 g/mol. The summed E-state index contributed by atoms with van der Waals surface area (Å²) in [6.07, 6.45) is 3.95. The molecule has 0 aliphatic heterocycles. The van der Waals surface area contributed by atoms with Gasteiger partial charge in [-0.1, -0.05) is 0 Å². The first-order valence-corrected chi connectivity index (χ1v) is 7.39. The van der Waals surface area contributed by atoms with Crippen LogP contribution in [0.2, 0.25) is 0 Å². The number of aromatic nitrogens is 2.